The quantitative estimate of drug-likeness (QED) is 0.118. The molecule has 0 spiro atoms. The van der Waals surface area contributed by atoms with Crippen LogP contribution in [0.2, 0.25) is 0 Å². The molecule has 0 aliphatic carbocycles. The molecule has 2 atom stereocenters. The average Bonchev–Trinajstić information content (AvgIpc) is 2.75. The number of alkyl halides is 3. The van der Waals surface area contributed by atoms with Gasteiger partial charge in [-0.15, -0.1) is 0 Å². The minimum Gasteiger partial charge on any atom is -0.399 e. The number of benzene rings is 1. The number of aliphatic imine (C=N–C) groups is 1. The second kappa shape index (κ2) is 10.5. The normalized spacial score (nSPS) is 19.7. The molecule has 0 aromatic heterocycles. The number of halogens is 3. The van der Waals surface area contributed by atoms with E-state index < -0.39 is 23.7 Å². The summed E-state index contributed by atoms with van der Waals surface area (Å²) in [5.74, 6) is -0.415. The van der Waals surface area contributed by atoms with Gasteiger partial charge in [0.25, 0.3) is 5.91 Å². The van der Waals surface area contributed by atoms with Crippen LogP contribution in [0.4, 0.5) is 18.9 Å². The molecule has 1 aromatic rings. The van der Waals surface area contributed by atoms with Crippen LogP contribution in [0.1, 0.15) is 31.0 Å². The molecule has 2 rings (SSSR count). The predicted molar refractivity (Wildman–Crippen MR) is 122 cm³/mol. The number of carbonyl (C=O) groups excluding carboxylic acids is 1. The molecule has 1 heterocycles. The minimum absolute atomic E-state index is 0.0575. The highest BCUT2D eigenvalue weighted by molar-refractivity contribution is 6.07. The second-order valence-corrected chi connectivity index (χ2v) is 7.80. The van der Waals surface area contributed by atoms with E-state index in [0.29, 0.717) is 12.4 Å². The molecular formula is C21H31F3N8O. The van der Waals surface area contributed by atoms with Crippen LogP contribution >= 0.6 is 0 Å². The van der Waals surface area contributed by atoms with Gasteiger partial charge in [-0.25, -0.2) is 0 Å². The smallest absolute Gasteiger partial charge is 0.399 e. The van der Waals surface area contributed by atoms with E-state index in [1.807, 2.05) is 11.8 Å². The monoisotopic (exact) mass is 468 g/mol. The van der Waals surface area contributed by atoms with Crippen molar-refractivity contribution in [2.75, 3.05) is 32.4 Å². The topological polar surface area (TPSA) is 161 Å². The van der Waals surface area contributed by atoms with Crippen molar-refractivity contribution >= 4 is 17.4 Å². The molecule has 1 saturated heterocycles. The Morgan fingerprint density at radius 3 is 2.55 bits per heavy atom. The van der Waals surface area contributed by atoms with Gasteiger partial charge in [0.1, 0.15) is 11.5 Å². The lowest BCUT2D eigenvalue weighted by molar-refractivity contribution is -0.137. The molecule has 33 heavy (non-hydrogen) atoms. The summed E-state index contributed by atoms with van der Waals surface area (Å²) in [4.78, 5) is 18.4. The lowest BCUT2D eigenvalue weighted by atomic mass is 10.0. The summed E-state index contributed by atoms with van der Waals surface area (Å²) in [5.41, 5.74) is 23.2. The zero-order valence-electron chi connectivity index (χ0n) is 18.8. The van der Waals surface area contributed by atoms with Crippen LogP contribution in [0, 0.1) is 0 Å². The molecule has 12 heteroatoms. The van der Waals surface area contributed by atoms with Crippen molar-refractivity contribution < 1.29 is 18.0 Å². The van der Waals surface area contributed by atoms with E-state index in [1.54, 1.807) is 6.92 Å². The van der Waals surface area contributed by atoms with Crippen LogP contribution in [0.5, 0.6) is 0 Å². The van der Waals surface area contributed by atoms with Crippen molar-refractivity contribution in [3.05, 3.63) is 52.5 Å². The Hall–Kier alpha value is -3.41. The SMILES string of the molecule is CNC(=O)/C(N)=C(/C=C(\N)N1CCNCC1C)C(N)=N[C@H](C)c1cc(N)cc(C(F)(F)F)c1. The standard InChI is InChI=1S/C21H31F3N8O/c1-11-10-30-4-5-32(11)17(26)9-16(18(27)20(33)29-3)19(28)31-12(2)13-6-14(21(22,23)24)8-15(25)7-13/h6-9,11-12,30H,4-5,10,25-27H2,1-3H3,(H2,28,31)(H,29,33)/b17-9+,18-16+/t11?,12-/m1/s1. The van der Waals surface area contributed by atoms with E-state index in [1.165, 1.54) is 19.2 Å². The number of anilines is 1. The summed E-state index contributed by atoms with van der Waals surface area (Å²) in [6, 6.07) is 2.46. The minimum atomic E-state index is -4.56. The van der Waals surface area contributed by atoms with Gasteiger partial charge in [-0.1, -0.05) is 0 Å². The molecule has 1 aliphatic rings. The van der Waals surface area contributed by atoms with Crippen molar-refractivity contribution in [2.45, 2.75) is 32.1 Å². The third-order valence-corrected chi connectivity index (χ3v) is 5.28. The predicted octanol–water partition coefficient (Wildman–Crippen LogP) is 0.758. The number of piperazine rings is 1. The maximum Gasteiger partial charge on any atom is 0.416 e. The van der Waals surface area contributed by atoms with Gasteiger partial charge >= 0.3 is 6.18 Å². The van der Waals surface area contributed by atoms with Crippen LogP contribution in [-0.2, 0) is 11.0 Å². The van der Waals surface area contributed by atoms with Crippen LogP contribution in [0.25, 0.3) is 0 Å². The number of carbonyl (C=O) groups is 1. The fourth-order valence-corrected chi connectivity index (χ4v) is 3.44. The van der Waals surface area contributed by atoms with E-state index >= 15 is 0 Å². The van der Waals surface area contributed by atoms with E-state index in [9.17, 15) is 18.0 Å². The maximum atomic E-state index is 13.2. The highest BCUT2D eigenvalue weighted by atomic mass is 19.4. The molecular weight excluding hydrogens is 437 g/mol. The summed E-state index contributed by atoms with van der Waals surface area (Å²) in [6.45, 7) is 5.61. The molecule has 1 aromatic carbocycles. The van der Waals surface area contributed by atoms with Gasteiger partial charge in [0.15, 0.2) is 0 Å². The molecule has 9 nitrogen and oxygen atoms in total. The first-order valence-corrected chi connectivity index (χ1v) is 10.3. The van der Waals surface area contributed by atoms with E-state index in [-0.39, 0.29) is 34.4 Å². The fraction of sp³-hybridized carbons (Fsp3) is 0.429. The Balaban J connectivity index is 2.49. The van der Waals surface area contributed by atoms with Crippen LogP contribution in [0.15, 0.2) is 46.4 Å². The molecule has 1 unspecified atom stereocenters. The van der Waals surface area contributed by atoms with Crippen LogP contribution < -0.4 is 33.6 Å². The highest BCUT2D eigenvalue weighted by Gasteiger charge is 2.31. The summed E-state index contributed by atoms with van der Waals surface area (Å²) in [5, 5.41) is 5.66. The third kappa shape index (κ3) is 6.54. The van der Waals surface area contributed by atoms with Gasteiger partial charge in [0, 0.05) is 44.0 Å². The Labute approximate surface area is 190 Å². The summed E-state index contributed by atoms with van der Waals surface area (Å²) < 4.78 is 39.5. The van der Waals surface area contributed by atoms with Crippen molar-refractivity contribution in [3.8, 4) is 0 Å². The van der Waals surface area contributed by atoms with E-state index in [0.717, 1.165) is 25.2 Å². The van der Waals surface area contributed by atoms with Gasteiger partial charge in [-0.2, -0.15) is 13.2 Å². The Kier molecular flexibility index (Phi) is 8.20. The molecule has 1 aliphatic heterocycles. The Bertz CT molecular complexity index is 971. The second-order valence-electron chi connectivity index (χ2n) is 7.80. The van der Waals surface area contributed by atoms with Crippen LogP contribution in [-0.4, -0.2) is 49.4 Å². The van der Waals surface area contributed by atoms with Gasteiger partial charge in [-0.05, 0) is 43.7 Å². The van der Waals surface area contributed by atoms with Crippen molar-refractivity contribution in [3.63, 3.8) is 0 Å². The van der Waals surface area contributed by atoms with Gasteiger partial charge in [0.2, 0.25) is 0 Å². The summed E-state index contributed by atoms with van der Waals surface area (Å²) >= 11 is 0. The van der Waals surface area contributed by atoms with Crippen molar-refractivity contribution in [1.29, 1.82) is 0 Å². The number of amides is 1. The van der Waals surface area contributed by atoms with Crippen molar-refractivity contribution in [1.82, 2.24) is 15.5 Å². The number of nitrogens with zero attached hydrogens (tertiary/aromatic N) is 2. The zero-order chi connectivity index (χ0) is 24.9. The number of nitrogens with two attached hydrogens (primary N) is 4. The average molecular weight is 469 g/mol. The number of nitrogens with one attached hydrogen (secondary N) is 2. The third-order valence-electron chi connectivity index (χ3n) is 5.28. The van der Waals surface area contributed by atoms with Crippen molar-refractivity contribution in [2.24, 2.45) is 22.2 Å². The van der Waals surface area contributed by atoms with Gasteiger partial charge in [-0.3, -0.25) is 9.79 Å². The van der Waals surface area contributed by atoms with Crippen LogP contribution in [0.3, 0.4) is 0 Å². The maximum absolute atomic E-state index is 13.2. The number of hydrogen-bond acceptors (Lipinski definition) is 7. The molecule has 0 radical (unpaired) electrons. The summed E-state index contributed by atoms with van der Waals surface area (Å²) in [7, 11) is 1.40. The molecule has 1 fully saturated rings. The highest BCUT2D eigenvalue weighted by Crippen LogP contribution is 2.33. The lowest BCUT2D eigenvalue weighted by Gasteiger charge is -2.36. The number of amidine groups is 1. The number of hydrogen-bond donors (Lipinski definition) is 6. The van der Waals surface area contributed by atoms with Gasteiger partial charge in [0.05, 0.1) is 17.4 Å². The molecule has 0 saturated carbocycles. The Morgan fingerprint density at radius 1 is 1.30 bits per heavy atom. The molecule has 10 N–H and O–H groups in total. The number of likely N-dealkylation sites (N-methyl/N-ethyl adjacent to an activating group) is 1. The molecule has 1 amide bonds. The first-order valence-electron chi connectivity index (χ1n) is 10.3. The zero-order valence-corrected chi connectivity index (χ0v) is 18.8. The van der Waals surface area contributed by atoms with E-state index in [2.05, 4.69) is 15.6 Å². The summed E-state index contributed by atoms with van der Waals surface area (Å²) in [6.07, 6.45) is -3.11. The number of rotatable bonds is 6. The van der Waals surface area contributed by atoms with Gasteiger partial charge < -0.3 is 38.5 Å². The van der Waals surface area contributed by atoms with E-state index in [4.69, 9.17) is 22.9 Å². The fourth-order valence-electron chi connectivity index (χ4n) is 3.44. The molecule has 182 valence electrons. The first kappa shape index (κ1) is 25.8. The molecule has 0 bridgehead atoms. The lowest BCUT2D eigenvalue weighted by Crippen LogP contribution is -2.50. The number of nitrogen functional groups attached to an aromatic ring is 1. The largest absolute Gasteiger partial charge is 0.416 e. The first-order chi connectivity index (χ1) is 15.3. The Morgan fingerprint density at radius 2 is 1.97 bits per heavy atom.